The molecular formula is C25H25Cl3CoN5O2. The number of nitrogens with zero attached hydrogens (tertiary/aromatic N) is 5. The van der Waals surface area contributed by atoms with E-state index in [0.29, 0.717) is 26.3 Å². The van der Waals surface area contributed by atoms with Gasteiger partial charge in [-0.05, 0) is 36.4 Å². The molecule has 0 bridgehead atoms. The maximum absolute atomic E-state index is 5.34. The summed E-state index contributed by atoms with van der Waals surface area (Å²) in [5.74, 6) is 1.65. The monoisotopic (exact) mass is 591 g/mol. The van der Waals surface area contributed by atoms with E-state index in [9.17, 15) is 0 Å². The Hall–Kier alpha value is -2.17. The van der Waals surface area contributed by atoms with Gasteiger partial charge in [0.05, 0.1) is 35.3 Å². The van der Waals surface area contributed by atoms with Crippen molar-refractivity contribution in [2.45, 2.75) is 13.1 Å². The Kier molecular flexibility index (Phi) is 12.9. The van der Waals surface area contributed by atoms with Crippen LogP contribution in [0.1, 0.15) is 0 Å². The zero-order valence-corrected chi connectivity index (χ0v) is 23.0. The van der Waals surface area contributed by atoms with E-state index in [2.05, 4.69) is 21.3 Å². The van der Waals surface area contributed by atoms with Crippen molar-refractivity contribution in [3.8, 4) is 23.0 Å². The van der Waals surface area contributed by atoms with E-state index in [1.54, 1.807) is 14.2 Å². The molecule has 0 saturated heterocycles. The van der Waals surface area contributed by atoms with Crippen LogP contribution in [-0.2, 0) is 39.3 Å². The molecule has 0 aliphatic heterocycles. The van der Waals surface area contributed by atoms with Crippen LogP contribution in [0.15, 0.2) is 66.7 Å². The molecular weight excluding hydrogens is 568 g/mol. The number of pyridine rings is 1. The summed E-state index contributed by atoms with van der Waals surface area (Å²) in [6.45, 7) is 2.59. The van der Waals surface area contributed by atoms with Gasteiger partial charge in [0.2, 0.25) is 0 Å². The molecule has 0 fully saturated rings. The van der Waals surface area contributed by atoms with Crippen LogP contribution in [-0.4, -0.2) is 51.5 Å². The fourth-order valence-electron chi connectivity index (χ4n) is 4.04. The van der Waals surface area contributed by atoms with Crippen LogP contribution in [0, 0.1) is 0 Å². The van der Waals surface area contributed by atoms with Gasteiger partial charge in [-0.25, -0.2) is 15.0 Å². The molecule has 5 aromatic rings. The van der Waals surface area contributed by atoms with Gasteiger partial charge in [-0.3, -0.25) is 0 Å². The minimum atomic E-state index is 0. The van der Waals surface area contributed by atoms with Crippen LogP contribution >= 0.6 is 0 Å². The maximum atomic E-state index is 5.34. The van der Waals surface area contributed by atoms with E-state index >= 15 is 0 Å². The summed E-state index contributed by atoms with van der Waals surface area (Å²) in [5, 5.41) is 0. The Bertz CT molecular complexity index is 1290. The number of para-hydroxylation sites is 4. The SMILES string of the molecule is COCCn1c(-c2cccc(-c3nc4ccccc4n3CCOC)n2)nc2ccccc21.[Cl-].[Cl-].[Cl-].[Co+3]. The van der Waals surface area contributed by atoms with Crippen molar-refractivity contribution >= 4 is 22.1 Å². The number of imidazole rings is 2. The Morgan fingerprint density at radius 2 is 1.00 bits per heavy atom. The number of aromatic nitrogens is 5. The van der Waals surface area contributed by atoms with Crippen LogP contribution in [0.5, 0.6) is 0 Å². The van der Waals surface area contributed by atoms with Crippen LogP contribution in [0.3, 0.4) is 0 Å². The minimum Gasteiger partial charge on any atom is -1.00 e. The molecule has 3 aromatic heterocycles. The first-order valence-corrected chi connectivity index (χ1v) is 10.7. The van der Waals surface area contributed by atoms with Gasteiger partial charge < -0.3 is 55.8 Å². The van der Waals surface area contributed by atoms with E-state index in [1.165, 1.54) is 0 Å². The summed E-state index contributed by atoms with van der Waals surface area (Å²) in [7, 11) is 3.42. The smallest absolute Gasteiger partial charge is 1.00 e. The molecule has 3 heterocycles. The predicted octanol–water partition coefficient (Wildman–Crippen LogP) is -4.58. The van der Waals surface area contributed by atoms with Crippen LogP contribution in [0.4, 0.5) is 0 Å². The van der Waals surface area contributed by atoms with Crippen molar-refractivity contribution in [2.75, 3.05) is 27.4 Å². The molecule has 0 unspecified atom stereocenters. The first kappa shape index (κ1) is 31.9. The third-order valence-electron chi connectivity index (χ3n) is 5.55. The maximum Gasteiger partial charge on any atom is 3.00 e. The molecule has 0 atom stereocenters. The molecule has 0 spiro atoms. The zero-order valence-electron chi connectivity index (χ0n) is 19.7. The number of ether oxygens (including phenoxy) is 2. The fourth-order valence-corrected chi connectivity index (χ4v) is 4.04. The topological polar surface area (TPSA) is 67.0 Å². The van der Waals surface area contributed by atoms with E-state index in [1.807, 2.05) is 54.6 Å². The number of hydrogen-bond acceptors (Lipinski definition) is 5. The third-order valence-corrected chi connectivity index (χ3v) is 5.55. The van der Waals surface area contributed by atoms with Crippen molar-refractivity contribution < 1.29 is 63.5 Å². The van der Waals surface area contributed by atoms with Gasteiger partial charge in [-0.2, -0.15) is 0 Å². The normalized spacial score (nSPS) is 10.3. The Morgan fingerprint density at radius 1 is 0.583 bits per heavy atom. The minimum absolute atomic E-state index is 0. The van der Waals surface area contributed by atoms with E-state index in [0.717, 1.165) is 45.1 Å². The quantitative estimate of drug-likeness (QED) is 0.182. The van der Waals surface area contributed by atoms with Crippen molar-refractivity contribution in [2.24, 2.45) is 0 Å². The van der Waals surface area contributed by atoms with Crippen molar-refractivity contribution in [3.63, 3.8) is 0 Å². The van der Waals surface area contributed by atoms with Crippen molar-refractivity contribution in [1.29, 1.82) is 0 Å². The Morgan fingerprint density at radius 3 is 1.42 bits per heavy atom. The zero-order chi connectivity index (χ0) is 21.9. The number of rotatable bonds is 8. The molecule has 192 valence electrons. The number of hydrogen-bond donors (Lipinski definition) is 0. The molecule has 11 heteroatoms. The third kappa shape index (κ3) is 6.20. The molecule has 0 amide bonds. The second-order valence-corrected chi connectivity index (χ2v) is 7.55. The summed E-state index contributed by atoms with van der Waals surface area (Å²) in [4.78, 5) is 14.8. The van der Waals surface area contributed by atoms with E-state index in [-0.39, 0.29) is 54.0 Å². The van der Waals surface area contributed by atoms with Crippen molar-refractivity contribution in [1.82, 2.24) is 24.1 Å². The molecule has 0 N–H and O–H groups in total. The first-order valence-electron chi connectivity index (χ1n) is 10.7. The summed E-state index contributed by atoms with van der Waals surface area (Å²) in [5.41, 5.74) is 5.63. The molecule has 2 aromatic carbocycles. The van der Waals surface area contributed by atoms with Gasteiger partial charge in [0.15, 0.2) is 11.6 Å². The van der Waals surface area contributed by atoms with Crippen LogP contribution < -0.4 is 37.2 Å². The largest absolute Gasteiger partial charge is 3.00 e. The number of benzene rings is 2. The first-order chi connectivity index (χ1) is 15.8. The van der Waals surface area contributed by atoms with Gasteiger partial charge >= 0.3 is 16.8 Å². The summed E-state index contributed by atoms with van der Waals surface area (Å²) < 4.78 is 15.0. The van der Waals surface area contributed by atoms with Crippen molar-refractivity contribution in [3.05, 3.63) is 66.7 Å². The number of fused-ring (bicyclic) bond motifs is 2. The summed E-state index contributed by atoms with van der Waals surface area (Å²) in [6.07, 6.45) is 0. The van der Waals surface area contributed by atoms with Crippen LogP contribution in [0.25, 0.3) is 45.1 Å². The average Bonchev–Trinajstić information content (AvgIpc) is 3.40. The van der Waals surface area contributed by atoms with Gasteiger partial charge in [0, 0.05) is 27.3 Å². The van der Waals surface area contributed by atoms with Gasteiger partial charge in [-0.1, -0.05) is 30.3 Å². The molecule has 36 heavy (non-hydrogen) atoms. The summed E-state index contributed by atoms with van der Waals surface area (Å²) >= 11 is 0. The van der Waals surface area contributed by atoms with Crippen LogP contribution in [0.2, 0.25) is 0 Å². The number of methoxy groups -OCH3 is 2. The van der Waals surface area contributed by atoms with Gasteiger partial charge in [0.25, 0.3) is 0 Å². The van der Waals surface area contributed by atoms with Gasteiger partial charge in [0.1, 0.15) is 11.4 Å². The standard InChI is InChI=1S/C25H25N5O2.3ClH.Co/c1-31-16-14-29-22-12-5-3-8-18(22)27-24(29)20-10-7-11-21(26-20)25-28-19-9-4-6-13-23(19)30(25)15-17-32-2;;;;/h3-13H,14-17H2,1-2H3;3*1H;/q;;;;+3/p-3. The average molecular weight is 593 g/mol. The van der Waals surface area contributed by atoms with Gasteiger partial charge in [-0.15, -0.1) is 0 Å². The Labute approximate surface area is 239 Å². The molecule has 0 saturated carbocycles. The predicted molar refractivity (Wildman–Crippen MR) is 125 cm³/mol. The molecule has 5 rings (SSSR count). The molecule has 0 aliphatic rings. The fraction of sp³-hybridized carbons (Fsp3) is 0.240. The molecule has 7 nitrogen and oxygen atoms in total. The molecule has 0 radical (unpaired) electrons. The summed E-state index contributed by atoms with van der Waals surface area (Å²) in [6, 6.07) is 22.3. The van der Waals surface area contributed by atoms with E-state index in [4.69, 9.17) is 24.4 Å². The second-order valence-electron chi connectivity index (χ2n) is 7.55. The molecule has 0 aliphatic carbocycles. The Balaban J connectivity index is 0.00000162. The second kappa shape index (κ2) is 14.5. The van der Waals surface area contributed by atoms with E-state index < -0.39 is 0 Å². The number of halogens is 3.